The maximum absolute atomic E-state index is 13.0. The van der Waals surface area contributed by atoms with Crippen LogP contribution in [0.3, 0.4) is 0 Å². The van der Waals surface area contributed by atoms with E-state index in [4.69, 9.17) is 4.74 Å². The van der Waals surface area contributed by atoms with E-state index in [1.807, 2.05) is 20.8 Å². The average molecular weight is 400 g/mol. The number of amides is 3. The summed E-state index contributed by atoms with van der Waals surface area (Å²) in [6, 6.07) is 6.60. The lowest BCUT2D eigenvalue weighted by Crippen LogP contribution is -2.59. The molecule has 3 amide bonds. The van der Waals surface area contributed by atoms with Crippen LogP contribution in [0.4, 0.5) is 5.69 Å². The molecule has 1 aromatic rings. The lowest BCUT2D eigenvalue weighted by Gasteiger charge is -2.47. The van der Waals surface area contributed by atoms with E-state index in [2.05, 4.69) is 5.32 Å². The first-order valence-corrected chi connectivity index (χ1v) is 9.96. The molecule has 7 nitrogen and oxygen atoms in total. The van der Waals surface area contributed by atoms with Crippen LogP contribution in [0.2, 0.25) is 0 Å². The molecule has 0 aromatic heterocycles. The zero-order valence-electron chi connectivity index (χ0n) is 17.4. The van der Waals surface area contributed by atoms with Gasteiger partial charge in [0.25, 0.3) is 0 Å². The Balaban J connectivity index is 1.60. The largest absolute Gasteiger partial charge is 0.465 e. The number of carbonyl (C=O) groups is 4. The number of nitrogens with one attached hydrogen (secondary N) is 1. The Labute approximate surface area is 170 Å². The minimum atomic E-state index is -0.534. The number of hydrogen-bond donors (Lipinski definition) is 1. The van der Waals surface area contributed by atoms with Crippen LogP contribution in [0.25, 0.3) is 0 Å². The molecular weight excluding hydrogens is 372 g/mol. The summed E-state index contributed by atoms with van der Waals surface area (Å²) >= 11 is 0. The summed E-state index contributed by atoms with van der Waals surface area (Å²) in [4.78, 5) is 51.3. The van der Waals surface area contributed by atoms with Gasteiger partial charge in [-0.3, -0.25) is 19.3 Å². The standard InChI is InChI=1S/C22H28N2O5/c1-21(2)15-11-12-22(21,3)20(28)24(18(15)26)13-7-10-17(25)23-16-9-6-5-8-14(16)19(27)29-4/h5-6,8-9,15H,7,10-13H2,1-4H3,(H,23,25). The molecule has 156 valence electrons. The Morgan fingerprint density at radius 2 is 1.90 bits per heavy atom. The number of benzene rings is 1. The Morgan fingerprint density at radius 3 is 2.59 bits per heavy atom. The van der Waals surface area contributed by atoms with Gasteiger partial charge in [-0.1, -0.05) is 32.9 Å². The van der Waals surface area contributed by atoms with Crippen molar-refractivity contribution >= 4 is 29.4 Å². The van der Waals surface area contributed by atoms with Crippen molar-refractivity contribution in [2.75, 3.05) is 19.0 Å². The monoisotopic (exact) mass is 400 g/mol. The van der Waals surface area contributed by atoms with E-state index in [-0.39, 0.29) is 47.6 Å². The fourth-order valence-electron chi connectivity index (χ4n) is 4.60. The molecule has 2 bridgehead atoms. The summed E-state index contributed by atoms with van der Waals surface area (Å²) < 4.78 is 4.72. The number of anilines is 1. The number of piperidine rings is 1. The molecule has 0 spiro atoms. The van der Waals surface area contributed by atoms with E-state index in [1.165, 1.54) is 12.0 Å². The fraction of sp³-hybridized carbons (Fsp3) is 0.545. The van der Waals surface area contributed by atoms with Crippen LogP contribution < -0.4 is 5.32 Å². The molecule has 1 aliphatic carbocycles. The van der Waals surface area contributed by atoms with Crippen LogP contribution in [0.5, 0.6) is 0 Å². The van der Waals surface area contributed by atoms with Gasteiger partial charge in [0.1, 0.15) is 0 Å². The molecule has 2 unspecified atom stereocenters. The lowest BCUT2D eigenvalue weighted by molar-refractivity contribution is -0.168. The highest BCUT2D eigenvalue weighted by molar-refractivity contribution is 6.04. The molecule has 1 aliphatic heterocycles. The zero-order valence-corrected chi connectivity index (χ0v) is 17.4. The molecule has 1 N–H and O–H groups in total. The van der Waals surface area contributed by atoms with Crippen LogP contribution >= 0.6 is 0 Å². The predicted molar refractivity (Wildman–Crippen MR) is 107 cm³/mol. The molecule has 0 radical (unpaired) electrons. The highest BCUT2D eigenvalue weighted by Gasteiger charge is 2.64. The zero-order chi connectivity index (χ0) is 21.4. The average Bonchev–Trinajstić information content (AvgIpc) is 2.88. The Kier molecular flexibility index (Phi) is 5.52. The second-order valence-corrected chi connectivity index (χ2v) is 8.63. The number of carbonyl (C=O) groups excluding carboxylic acids is 4. The van der Waals surface area contributed by atoms with Gasteiger partial charge in [0, 0.05) is 18.9 Å². The topological polar surface area (TPSA) is 92.8 Å². The number of fused-ring (bicyclic) bond motifs is 2. The molecule has 1 aromatic carbocycles. The van der Waals surface area contributed by atoms with E-state index in [0.717, 1.165) is 12.8 Å². The summed E-state index contributed by atoms with van der Waals surface area (Å²) in [5.74, 6) is -1.21. The SMILES string of the molecule is COC(=O)c1ccccc1NC(=O)CCCN1C(=O)C2CCC(C)(C1=O)C2(C)C. The van der Waals surface area contributed by atoms with E-state index in [1.54, 1.807) is 24.3 Å². The van der Waals surface area contributed by atoms with Gasteiger partial charge in [-0.05, 0) is 36.8 Å². The van der Waals surface area contributed by atoms with E-state index in [0.29, 0.717) is 12.1 Å². The summed E-state index contributed by atoms with van der Waals surface area (Å²) in [5, 5.41) is 2.71. The smallest absolute Gasteiger partial charge is 0.339 e. The third-order valence-corrected chi connectivity index (χ3v) is 6.90. The van der Waals surface area contributed by atoms with Crippen molar-refractivity contribution in [2.24, 2.45) is 16.7 Å². The third-order valence-electron chi connectivity index (χ3n) is 6.90. The summed E-state index contributed by atoms with van der Waals surface area (Å²) in [7, 11) is 1.28. The maximum atomic E-state index is 13.0. The van der Waals surface area contributed by atoms with Crippen LogP contribution in [0.15, 0.2) is 24.3 Å². The fourth-order valence-corrected chi connectivity index (χ4v) is 4.60. The van der Waals surface area contributed by atoms with Gasteiger partial charge in [-0.25, -0.2) is 4.79 Å². The van der Waals surface area contributed by atoms with Crippen molar-refractivity contribution in [3.05, 3.63) is 29.8 Å². The van der Waals surface area contributed by atoms with Crippen molar-refractivity contribution in [1.29, 1.82) is 0 Å². The van der Waals surface area contributed by atoms with Gasteiger partial charge in [0.2, 0.25) is 17.7 Å². The van der Waals surface area contributed by atoms with Crippen LogP contribution in [-0.4, -0.2) is 42.2 Å². The molecule has 2 aliphatic rings. The van der Waals surface area contributed by atoms with Crippen molar-refractivity contribution in [1.82, 2.24) is 4.90 Å². The van der Waals surface area contributed by atoms with Crippen molar-refractivity contribution in [2.45, 2.75) is 46.5 Å². The number of methoxy groups -OCH3 is 1. The van der Waals surface area contributed by atoms with Crippen LogP contribution in [0, 0.1) is 16.7 Å². The van der Waals surface area contributed by atoms with Crippen LogP contribution in [0.1, 0.15) is 56.8 Å². The second kappa shape index (κ2) is 7.61. The highest BCUT2D eigenvalue weighted by Crippen LogP contribution is 2.60. The number of likely N-dealkylation sites (tertiary alicyclic amines) is 1. The molecule has 7 heteroatoms. The first kappa shape index (κ1) is 21.0. The summed E-state index contributed by atoms with van der Waals surface area (Å²) in [5.41, 5.74) is -0.224. The molecule has 29 heavy (non-hydrogen) atoms. The molecule has 3 rings (SSSR count). The summed E-state index contributed by atoms with van der Waals surface area (Å²) in [6.07, 6.45) is 1.95. The van der Waals surface area contributed by atoms with Gasteiger partial charge in [0.15, 0.2) is 0 Å². The van der Waals surface area contributed by atoms with Gasteiger partial charge in [-0.2, -0.15) is 0 Å². The van der Waals surface area contributed by atoms with E-state index >= 15 is 0 Å². The van der Waals surface area contributed by atoms with E-state index < -0.39 is 11.4 Å². The van der Waals surface area contributed by atoms with Gasteiger partial charge in [0.05, 0.1) is 23.8 Å². The predicted octanol–water partition coefficient (Wildman–Crippen LogP) is 3.00. The molecule has 2 fully saturated rings. The number of nitrogens with zero attached hydrogens (tertiary/aromatic N) is 1. The number of imide groups is 1. The minimum absolute atomic E-state index is 0.119. The number of rotatable bonds is 6. The first-order chi connectivity index (χ1) is 13.6. The van der Waals surface area contributed by atoms with Crippen LogP contribution in [-0.2, 0) is 19.1 Å². The third kappa shape index (κ3) is 3.43. The number of para-hydroxylation sites is 1. The molecular formula is C22H28N2O5. The van der Waals surface area contributed by atoms with Gasteiger partial charge in [-0.15, -0.1) is 0 Å². The highest BCUT2D eigenvalue weighted by atomic mass is 16.5. The van der Waals surface area contributed by atoms with Crippen molar-refractivity contribution in [3.8, 4) is 0 Å². The minimum Gasteiger partial charge on any atom is -0.465 e. The Hall–Kier alpha value is -2.70. The summed E-state index contributed by atoms with van der Waals surface area (Å²) in [6.45, 7) is 6.19. The van der Waals surface area contributed by atoms with Gasteiger partial charge >= 0.3 is 5.97 Å². The van der Waals surface area contributed by atoms with Crippen molar-refractivity contribution < 1.29 is 23.9 Å². The number of esters is 1. The van der Waals surface area contributed by atoms with E-state index in [9.17, 15) is 19.2 Å². The molecule has 1 saturated carbocycles. The van der Waals surface area contributed by atoms with Crippen molar-refractivity contribution in [3.63, 3.8) is 0 Å². The normalized spacial score (nSPS) is 25.1. The number of ether oxygens (including phenoxy) is 1. The molecule has 1 saturated heterocycles. The Morgan fingerprint density at radius 1 is 1.21 bits per heavy atom. The second-order valence-electron chi connectivity index (χ2n) is 8.63. The van der Waals surface area contributed by atoms with Gasteiger partial charge < -0.3 is 10.1 Å². The first-order valence-electron chi connectivity index (χ1n) is 9.96. The quantitative estimate of drug-likeness (QED) is 0.585. The molecule has 2 atom stereocenters. The lowest BCUT2D eigenvalue weighted by atomic mass is 9.62. The Bertz CT molecular complexity index is 863. The molecule has 1 heterocycles. The number of hydrogen-bond acceptors (Lipinski definition) is 5. The maximum Gasteiger partial charge on any atom is 0.339 e.